The number of carboxylic acids is 1. The van der Waals surface area contributed by atoms with Crippen LogP contribution in [0, 0.1) is 6.92 Å². The summed E-state index contributed by atoms with van der Waals surface area (Å²) in [7, 11) is 0. The van der Waals surface area contributed by atoms with Gasteiger partial charge in [-0.25, -0.2) is 0 Å². The van der Waals surface area contributed by atoms with Gasteiger partial charge in [-0.3, -0.25) is 9.59 Å². The smallest absolute Gasteiger partial charge is 0.306 e. The Morgan fingerprint density at radius 2 is 2.15 bits per heavy atom. The largest absolute Gasteiger partial charge is 0.481 e. The lowest BCUT2D eigenvalue weighted by Crippen LogP contribution is -2.40. The van der Waals surface area contributed by atoms with E-state index in [1.807, 2.05) is 56.4 Å². The number of rotatable bonds is 4. The second kappa shape index (κ2) is 7.70. The number of hydrogen-bond acceptors (Lipinski definition) is 3. The molecule has 5 heteroatoms. The zero-order valence-corrected chi connectivity index (χ0v) is 15.0. The van der Waals surface area contributed by atoms with E-state index in [2.05, 4.69) is 6.08 Å². The third kappa shape index (κ3) is 3.63. The number of aliphatic carboxylic acids is 1. The summed E-state index contributed by atoms with van der Waals surface area (Å²) in [6.45, 7) is 4.33. The number of hydrogen-bond donors (Lipinski definition) is 1. The molecule has 0 spiro atoms. The normalized spacial score (nSPS) is 22.5. The maximum absolute atomic E-state index is 12.9. The molecule has 0 aromatic heterocycles. The van der Waals surface area contributed by atoms with Crippen molar-refractivity contribution in [1.82, 2.24) is 0 Å². The van der Waals surface area contributed by atoms with Crippen molar-refractivity contribution in [2.24, 2.45) is 0 Å². The molecule has 136 valence electrons. The van der Waals surface area contributed by atoms with Gasteiger partial charge in [-0.15, -0.1) is 0 Å². The highest BCUT2D eigenvalue weighted by atomic mass is 16.5. The van der Waals surface area contributed by atoms with Gasteiger partial charge in [0.25, 0.3) is 5.91 Å². The number of likely N-dealkylation sites (N-methyl/N-ethyl adjacent to an activating group) is 1. The molecule has 2 aliphatic rings. The summed E-state index contributed by atoms with van der Waals surface area (Å²) in [5, 5.41) is 9.25. The van der Waals surface area contributed by atoms with E-state index in [0.717, 1.165) is 28.8 Å². The number of carbonyl (C=O) groups excluding carboxylic acids is 1. The number of carbonyl (C=O) groups is 2. The topological polar surface area (TPSA) is 66.8 Å². The summed E-state index contributed by atoms with van der Waals surface area (Å²) in [5.74, 6) is -1.36. The van der Waals surface area contributed by atoms with E-state index in [0.29, 0.717) is 6.54 Å². The van der Waals surface area contributed by atoms with Crippen LogP contribution < -0.4 is 4.90 Å². The van der Waals surface area contributed by atoms with E-state index >= 15 is 0 Å². The maximum Gasteiger partial charge on any atom is 0.306 e. The van der Waals surface area contributed by atoms with Crippen LogP contribution in [0.4, 0.5) is 5.69 Å². The third-order valence-corrected chi connectivity index (χ3v) is 4.60. The van der Waals surface area contributed by atoms with E-state index in [-0.39, 0.29) is 12.3 Å². The Bertz CT molecular complexity index is 806. The van der Waals surface area contributed by atoms with Gasteiger partial charge in [0.05, 0.1) is 6.42 Å². The second-order valence-electron chi connectivity index (χ2n) is 6.47. The number of nitrogens with zero attached hydrogens (tertiary/aromatic N) is 1. The summed E-state index contributed by atoms with van der Waals surface area (Å²) in [6, 6.07) is 5.90. The molecule has 1 amide bonds. The molecular weight excluding hydrogens is 330 g/mol. The third-order valence-electron chi connectivity index (χ3n) is 4.60. The van der Waals surface area contributed by atoms with Crippen molar-refractivity contribution < 1.29 is 19.4 Å². The molecule has 0 radical (unpaired) electrons. The Hall–Kier alpha value is -2.66. The van der Waals surface area contributed by atoms with Gasteiger partial charge in [-0.05, 0) is 31.9 Å². The molecule has 2 atom stereocenters. The Labute approximate surface area is 153 Å². The fourth-order valence-corrected chi connectivity index (χ4v) is 3.39. The molecule has 0 saturated heterocycles. The zero-order valence-electron chi connectivity index (χ0n) is 15.0. The molecule has 1 aromatic rings. The van der Waals surface area contributed by atoms with Crippen LogP contribution in [0.25, 0.3) is 0 Å². The first-order chi connectivity index (χ1) is 12.5. The molecule has 3 rings (SSSR count). The van der Waals surface area contributed by atoms with Crippen molar-refractivity contribution in [3.05, 3.63) is 65.3 Å². The lowest BCUT2D eigenvalue weighted by molar-refractivity contribution is -0.146. The summed E-state index contributed by atoms with van der Waals surface area (Å²) in [5.41, 5.74) is 3.68. The first-order valence-corrected chi connectivity index (χ1v) is 8.83. The number of benzene rings is 1. The molecule has 1 N–H and O–H groups in total. The first-order valence-electron chi connectivity index (χ1n) is 8.83. The number of allylic oxidation sites excluding steroid dienone is 4. The zero-order chi connectivity index (χ0) is 18.7. The summed E-state index contributed by atoms with van der Waals surface area (Å²) >= 11 is 0. The maximum atomic E-state index is 12.9. The van der Waals surface area contributed by atoms with Crippen LogP contribution in [0.5, 0.6) is 0 Å². The molecular formula is C21H23NO4. The molecule has 1 aromatic carbocycles. The van der Waals surface area contributed by atoms with Gasteiger partial charge in [0.15, 0.2) is 0 Å². The van der Waals surface area contributed by atoms with Crippen molar-refractivity contribution in [3.8, 4) is 0 Å². The number of ether oxygens (including phenoxy) is 1. The average Bonchev–Trinajstić information content (AvgIpc) is 2.93. The summed E-state index contributed by atoms with van der Waals surface area (Å²) in [6.07, 6.45) is 8.87. The molecule has 0 bridgehead atoms. The SMILES string of the molecule is CCN1C(=O)C(CC(=O)O)O[C@@H](C2=CCC=CC=C2)c2cc(C)ccc21. The molecule has 1 aliphatic heterocycles. The lowest BCUT2D eigenvalue weighted by atomic mass is 9.96. The van der Waals surface area contributed by atoms with Gasteiger partial charge >= 0.3 is 5.97 Å². The number of amides is 1. The predicted octanol–water partition coefficient (Wildman–Crippen LogP) is 3.71. The highest BCUT2D eigenvalue weighted by molar-refractivity contribution is 5.99. The van der Waals surface area contributed by atoms with E-state index in [4.69, 9.17) is 4.74 Å². The molecule has 1 heterocycles. The van der Waals surface area contributed by atoms with Crippen LogP contribution in [0.2, 0.25) is 0 Å². The quantitative estimate of drug-likeness (QED) is 0.896. The minimum Gasteiger partial charge on any atom is -0.481 e. The number of aryl methyl sites for hydroxylation is 1. The fourth-order valence-electron chi connectivity index (χ4n) is 3.39. The van der Waals surface area contributed by atoms with Gasteiger partial charge in [0.2, 0.25) is 0 Å². The van der Waals surface area contributed by atoms with E-state index in [1.165, 1.54) is 0 Å². The number of carboxylic acid groups (broad SMARTS) is 1. The van der Waals surface area contributed by atoms with Crippen LogP contribution in [0.3, 0.4) is 0 Å². The highest BCUT2D eigenvalue weighted by Gasteiger charge is 2.37. The van der Waals surface area contributed by atoms with Crippen molar-refractivity contribution in [2.45, 2.75) is 38.9 Å². The highest BCUT2D eigenvalue weighted by Crippen LogP contribution is 2.40. The Kier molecular flexibility index (Phi) is 5.38. The van der Waals surface area contributed by atoms with E-state index < -0.39 is 18.2 Å². The van der Waals surface area contributed by atoms with Gasteiger partial charge in [-0.2, -0.15) is 0 Å². The predicted molar refractivity (Wildman–Crippen MR) is 100 cm³/mol. The molecule has 26 heavy (non-hydrogen) atoms. The Balaban J connectivity index is 2.13. The fraction of sp³-hybridized carbons (Fsp3) is 0.333. The van der Waals surface area contributed by atoms with Gasteiger partial charge in [0, 0.05) is 17.8 Å². The van der Waals surface area contributed by atoms with Crippen molar-refractivity contribution in [2.75, 3.05) is 11.4 Å². The van der Waals surface area contributed by atoms with Crippen molar-refractivity contribution >= 4 is 17.6 Å². The first kappa shape index (κ1) is 18.1. The van der Waals surface area contributed by atoms with Gasteiger partial charge in [0.1, 0.15) is 12.2 Å². The second-order valence-corrected chi connectivity index (χ2v) is 6.47. The van der Waals surface area contributed by atoms with Crippen molar-refractivity contribution in [3.63, 3.8) is 0 Å². The standard InChI is InChI=1S/C21H23NO4/c1-3-22-17-11-10-14(2)12-16(17)20(15-8-6-4-5-7-9-15)26-18(21(22)25)13-19(23)24/h4-6,8-12,18,20H,3,7,13H2,1-2H3,(H,23,24)/t18?,20-/m0/s1. The lowest BCUT2D eigenvalue weighted by Gasteiger charge is -2.23. The minimum absolute atomic E-state index is 0.307. The van der Waals surface area contributed by atoms with E-state index in [9.17, 15) is 14.7 Å². The van der Waals surface area contributed by atoms with Crippen molar-refractivity contribution in [1.29, 1.82) is 0 Å². The van der Waals surface area contributed by atoms with Crippen LogP contribution in [0.15, 0.2) is 54.2 Å². The van der Waals surface area contributed by atoms with Crippen LogP contribution >= 0.6 is 0 Å². The van der Waals surface area contributed by atoms with Crippen LogP contribution in [-0.4, -0.2) is 29.6 Å². The number of anilines is 1. The molecule has 0 fully saturated rings. The molecule has 0 saturated carbocycles. The van der Waals surface area contributed by atoms with Crippen LogP contribution in [-0.2, 0) is 14.3 Å². The minimum atomic E-state index is -1.05. The average molecular weight is 353 g/mol. The van der Waals surface area contributed by atoms with E-state index in [1.54, 1.807) is 4.90 Å². The Morgan fingerprint density at radius 1 is 1.35 bits per heavy atom. The monoisotopic (exact) mass is 353 g/mol. The summed E-state index contributed by atoms with van der Waals surface area (Å²) in [4.78, 5) is 25.9. The number of fused-ring (bicyclic) bond motifs is 1. The molecule has 1 aliphatic carbocycles. The van der Waals surface area contributed by atoms with Gasteiger partial charge in [-0.1, -0.05) is 48.1 Å². The van der Waals surface area contributed by atoms with Gasteiger partial charge < -0.3 is 14.7 Å². The van der Waals surface area contributed by atoms with Crippen LogP contribution in [0.1, 0.15) is 37.0 Å². The Morgan fingerprint density at radius 3 is 2.88 bits per heavy atom. The molecule has 1 unspecified atom stereocenters. The molecule has 5 nitrogen and oxygen atoms in total. The summed E-state index contributed by atoms with van der Waals surface area (Å²) < 4.78 is 6.12.